The lowest BCUT2D eigenvalue weighted by Crippen LogP contribution is -2.57. The molecule has 7 rings (SSSR count). The van der Waals surface area contributed by atoms with Gasteiger partial charge < -0.3 is 4.98 Å². The summed E-state index contributed by atoms with van der Waals surface area (Å²) in [7, 11) is 0. The molecule has 0 saturated heterocycles. The molecule has 5 heteroatoms. The Morgan fingerprint density at radius 3 is 1.49 bits per heavy atom. The number of hydrogen-bond donors (Lipinski definition) is 1. The number of imidazole rings is 1. The molecule has 0 saturated carbocycles. The third-order valence-electron chi connectivity index (χ3n) is 7.92. The summed E-state index contributed by atoms with van der Waals surface area (Å²) >= 11 is 6.96. The van der Waals surface area contributed by atoms with E-state index in [1.807, 2.05) is 42.6 Å². The molecule has 198 valence electrons. The number of halogens is 1. The Hall–Kier alpha value is -4.93. The summed E-state index contributed by atoms with van der Waals surface area (Å²) < 4.78 is 0. The summed E-state index contributed by atoms with van der Waals surface area (Å²) in [5.41, 5.74) is 3.22. The second-order valence-electron chi connectivity index (χ2n) is 10.0. The van der Waals surface area contributed by atoms with E-state index < -0.39 is 11.1 Å². The quantitative estimate of drug-likeness (QED) is 0.227. The Balaban J connectivity index is 1.74. The molecule has 1 N–H and O–H groups in total. The van der Waals surface area contributed by atoms with Gasteiger partial charge in [0.2, 0.25) is 5.95 Å². The first-order chi connectivity index (χ1) is 20.3. The minimum absolute atomic E-state index is 0.620. The predicted octanol–water partition coefficient (Wildman–Crippen LogP) is 8.22. The van der Waals surface area contributed by atoms with Crippen molar-refractivity contribution in [2.45, 2.75) is 11.1 Å². The Bertz CT molecular complexity index is 1710. The number of nitrogens with zero attached hydrogens (tertiary/aromatic N) is 3. The Kier molecular flexibility index (Phi) is 6.26. The normalized spacial score (nSPS) is 15.4. The van der Waals surface area contributed by atoms with Gasteiger partial charge in [0.05, 0.1) is 5.02 Å². The van der Waals surface area contributed by atoms with Gasteiger partial charge in [-0.3, -0.25) is 4.90 Å². The van der Waals surface area contributed by atoms with Gasteiger partial charge in [0.25, 0.3) is 0 Å². The molecular weight excluding hydrogens is 524 g/mol. The molecule has 5 aromatic carbocycles. The molecular formula is C36H27ClN4. The molecule has 1 aliphatic heterocycles. The molecule has 0 aliphatic carbocycles. The van der Waals surface area contributed by atoms with Crippen molar-refractivity contribution in [3.05, 3.63) is 191 Å². The van der Waals surface area contributed by atoms with E-state index >= 15 is 0 Å². The Morgan fingerprint density at radius 2 is 1.02 bits per heavy atom. The van der Waals surface area contributed by atoms with E-state index in [1.54, 1.807) is 6.20 Å². The number of benzene rings is 5. The Labute approximate surface area is 244 Å². The van der Waals surface area contributed by atoms with Gasteiger partial charge >= 0.3 is 0 Å². The molecule has 0 spiro atoms. The first-order valence-corrected chi connectivity index (χ1v) is 14.0. The zero-order chi connectivity index (χ0) is 27.7. The third kappa shape index (κ3) is 3.75. The van der Waals surface area contributed by atoms with Gasteiger partial charge in [0.15, 0.2) is 0 Å². The first kappa shape index (κ1) is 25.1. The van der Waals surface area contributed by atoms with Crippen molar-refractivity contribution in [1.82, 2.24) is 9.97 Å². The summed E-state index contributed by atoms with van der Waals surface area (Å²) in [6.07, 6.45) is 3.64. The monoisotopic (exact) mass is 550 g/mol. The SMILES string of the molecule is Clc1ccccc1C1=NC(c2ccccc2)(c2ccccc2)C(c2ccccc2)(c2ccccc2)N1c1ncc[nH]1. The molecule has 0 radical (unpaired) electrons. The van der Waals surface area contributed by atoms with Crippen molar-refractivity contribution >= 4 is 23.4 Å². The minimum atomic E-state index is -0.945. The number of amidine groups is 1. The molecule has 6 aromatic rings. The van der Waals surface area contributed by atoms with Crippen molar-refractivity contribution in [3.8, 4) is 0 Å². The van der Waals surface area contributed by atoms with Crippen LogP contribution in [0.25, 0.3) is 0 Å². The molecule has 0 fully saturated rings. The molecule has 1 aromatic heterocycles. The van der Waals surface area contributed by atoms with Crippen LogP contribution < -0.4 is 4.90 Å². The van der Waals surface area contributed by atoms with Crippen LogP contribution in [0.2, 0.25) is 5.02 Å². The summed E-state index contributed by atoms with van der Waals surface area (Å²) in [6.45, 7) is 0. The highest BCUT2D eigenvalue weighted by Gasteiger charge is 2.65. The maximum atomic E-state index is 6.96. The highest BCUT2D eigenvalue weighted by molar-refractivity contribution is 6.35. The highest BCUT2D eigenvalue weighted by Crippen LogP contribution is 2.60. The van der Waals surface area contributed by atoms with Gasteiger partial charge in [-0.25, -0.2) is 9.98 Å². The molecule has 2 heterocycles. The van der Waals surface area contributed by atoms with Crippen molar-refractivity contribution < 1.29 is 0 Å². The lowest BCUT2D eigenvalue weighted by Gasteiger charge is -2.50. The standard InChI is InChI=1S/C36H27ClN4/c37-32-24-14-13-23-31(32)33-40-35(27-15-5-1-6-16-27,28-17-7-2-8-18-28)36(29-19-9-3-10-20-29,30-21-11-4-12-22-30)41(33)34-38-25-26-39-34/h1-26H,(H,38,39). The second kappa shape index (κ2) is 10.2. The van der Waals surface area contributed by atoms with Crippen LogP contribution in [0, 0.1) is 0 Å². The zero-order valence-corrected chi connectivity index (χ0v) is 23.0. The van der Waals surface area contributed by atoms with Crippen molar-refractivity contribution in [2.24, 2.45) is 4.99 Å². The third-order valence-corrected chi connectivity index (χ3v) is 8.25. The topological polar surface area (TPSA) is 44.3 Å². The lowest BCUT2D eigenvalue weighted by atomic mass is 9.62. The number of nitrogens with one attached hydrogen (secondary N) is 1. The Morgan fingerprint density at radius 1 is 0.561 bits per heavy atom. The zero-order valence-electron chi connectivity index (χ0n) is 22.2. The van der Waals surface area contributed by atoms with Crippen molar-refractivity contribution in [3.63, 3.8) is 0 Å². The number of aromatic amines is 1. The van der Waals surface area contributed by atoms with Crippen LogP contribution in [-0.4, -0.2) is 15.8 Å². The van der Waals surface area contributed by atoms with Crippen LogP contribution in [0.15, 0.2) is 163 Å². The summed E-state index contributed by atoms with van der Waals surface area (Å²) in [6, 6.07) is 50.3. The van der Waals surface area contributed by atoms with E-state index in [4.69, 9.17) is 21.6 Å². The van der Waals surface area contributed by atoms with E-state index in [-0.39, 0.29) is 0 Å². The molecule has 4 nitrogen and oxygen atoms in total. The fourth-order valence-corrected chi connectivity index (χ4v) is 6.57. The van der Waals surface area contributed by atoms with E-state index in [2.05, 4.69) is 119 Å². The molecule has 0 atom stereocenters. The smallest absolute Gasteiger partial charge is 0.209 e. The summed E-state index contributed by atoms with van der Waals surface area (Å²) in [4.78, 5) is 16.4. The van der Waals surface area contributed by atoms with E-state index in [0.717, 1.165) is 33.7 Å². The number of H-pyrrole nitrogens is 1. The van der Waals surface area contributed by atoms with Crippen molar-refractivity contribution in [2.75, 3.05) is 4.90 Å². The van der Waals surface area contributed by atoms with Crippen LogP contribution in [0.5, 0.6) is 0 Å². The predicted molar refractivity (Wildman–Crippen MR) is 166 cm³/mol. The maximum Gasteiger partial charge on any atom is 0.209 e. The first-order valence-electron chi connectivity index (χ1n) is 13.6. The fraction of sp³-hybridized carbons (Fsp3) is 0.0556. The van der Waals surface area contributed by atoms with E-state index in [0.29, 0.717) is 11.0 Å². The summed E-state index contributed by atoms with van der Waals surface area (Å²) in [5.74, 6) is 1.40. The van der Waals surface area contributed by atoms with Crippen LogP contribution in [0.3, 0.4) is 0 Å². The number of anilines is 1. The van der Waals surface area contributed by atoms with Crippen LogP contribution in [0.1, 0.15) is 27.8 Å². The maximum absolute atomic E-state index is 6.96. The van der Waals surface area contributed by atoms with Gasteiger partial charge in [-0.2, -0.15) is 0 Å². The van der Waals surface area contributed by atoms with Gasteiger partial charge in [-0.15, -0.1) is 0 Å². The fourth-order valence-electron chi connectivity index (χ4n) is 6.35. The van der Waals surface area contributed by atoms with Crippen LogP contribution in [0.4, 0.5) is 5.95 Å². The van der Waals surface area contributed by atoms with Crippen LogP contribution >= 0.6 is 11.6 Å². The van der Waals surface area contributed by atoms with Gasteiger partial charge in [-0.1, -0.05) is 145 Å². The van der Waals surface area contributed by atoms with Gasteiger partial charge in [0.1, 0.15) is 16.9 Å². The second-order valence-corrected chi connectivity index (χ2v) is 10.5. The highest BCUT2D eigenvalue weighted by atomic mass is 35.5. The average molecular weight is 551 g/mol. The lowest BCUT2D eigenvalue weighted by molar-refractivity contribution is 0.351. The van der Waals surface area contributed by atoms with Crippen LogP contribution in [-0.2, 0) is 11.1 Å². The van der Waals surface area contributed by atoms with Gasteiger partial charge in [0, 0.05) is 18.0 Å². The minimum Gasteiger partial charge on any atom is -0.331 e. The van der Waals surface area contributed by atoms with E-state index in [1.165, 1.54) is 0 Å². The number of aliphatic imine (C=N–C) groups is 1. The summed E-state index contributed by atoms with van der Waals surface area (Å²) in [5, 5.41) is 0.620. The molecule has 0 unspecified atom stereocenters. The van der Waals surface area contributed by atoms with E-state index in [9.17, 15) is 0 Å². The molecule has 0 amide bonds. The van der Waals surface area contributed by atoms with Crippen molar-refractivity contribution in [1.29, 1.82) is 0 Å². The molecule has 1 aliphatic rings. The number of hydrogen-bond acceptors (Lipinski definition) is 3. The molecule has 41 heavy (non-hydrogen) atoms. The average Bonchev–Trinajstić information content (AvgIpc) is 3.69. The van der Waals surface area contributed by atoms with Gasteiger partial charge in [-0.05, 0) is 34.4 Å². The number of rotatable bonds is 6. The number of aromatic nitrogens is 2. The molecule has 0 bridgehead atoms. The largest absolute Gasteiger partial charge is 0.331 e.